The maximum absolute atomic E-state index is 13.5. The van der Waals surface area contributed by atoms with E-state index in [9.17, 15) is 4.79 Å². The van der Waals surface area contributed by atoms with Crippen molar-refractivity contribution in [2.45, 2.75) is 24.8 Å². The number of carbonyl (C=O) groups is 1. The van der Waals surface area contributed by atoms with Crippen LogP contribution in [-0.4, -0.2) is 17.6 Å². The number of nitrogens with one attached hydrogen (secondary N) is 2. The van der Waals surface area contributed by atoms with Crippen molar-refractivity contribution in [2.24, 2.45) is 0 Å². The number of ether oxygens (including phenoxy) is 2. The van der Waals surface area contributed by atoms with Gasteiger partial charge in [-0.25, -0.2) is 0 Å². The van der Waals surface area contributed by atoms with Crippen LogP contribution < -0.4 is 20.1 Å². The number of ketones is 1. The molecule has 154 valence electrons. The molecule has 3 aliphatic rings. The Labute approximate surface area is 179 Å². The first-order chi connectivity index (χ1) is 15.3. The molecule has 2 atom stereocenters. The third-order valence-electron chi connectivity index (χ3n) is 6.22. The Bertz CT molecular complexity index is 1210. The number of hydrogen-bond donors (Lipinski definition) is 2. The normalized spacial score (nSPS) is 21.5. The molecule has 0 saturated carbocycles. The molecule has 2 aliphatic heterocycles. The second-order valence-corrected chi connectivity index (χ2v) is 8.06. The molecule has 2 N–H and O–H groups in total. The fraction of sp³-hybridized carbons (Fsp3) is 0.200. The summed E-state index contributed by atoms with van der Waals surface area (Å²) in [6, 6.07) is 17.8. The van der Waals surface area contributed by atoms with Crippen molar-refractivity contribution >= 4 is 17.2 Å². The number of carbonyl (C=O) groups excluding carboxylic acids is 1. The molecule has 0 bridgehead atoms. The topological polar surface area (TPSA) is 72.5 Å². The number of anilines is 2. The molecule has 0 radical (unpaired) electrons. The van der Waals surface area contributed by atoms with Gasteiger partial charge in [0.2, 0.25) is 6.79 Å². The number of para-hydroxylation sites is 2. The predicted octanol–water partition coefficient (Wildman–Crippen LogP) is 4.79. The van der Waals surface area contributed by atoms with E-state index in [1.54, 1.807) is 12.4 Å². The Hall–Kier alpha value is -3.80. The van der Waals surface area contributed by atoms with Gasteiger partial charge in [0.1, 0.15) is 0 Å². The van der Waals surface area contributed by atoms with Crippen molar-refractivity contribution in [1.29, 1.82) is 0 Å². The Morgan fingerprint density at radius 2 is 1.68 bits per heavy atom. The zero-order chi connectivity index (χ0) is 20.8. The first-order valence-corrected chi connectivity index (χ1v) is 10.4. The van der Waals surface area contributed by atoms with Gasteiger partial charge in [-0.2, -0.15) is 0 Å². The van der Waals surface area contributed by atoms with Gasteiger partial charge in [0.05, 0.1) is 17.4 Å². The van der Waals surface area contributed by atoms with Gasteiger partial charge in [-0.05, 0) is 59.9 Å². The average molecular weight is 411 g/mol. The quantitative estimate of drug-likeness (QED) is 0.632. The summed E-state index contributed by atoms with van der Waals surface area (Å²) < 4.78 is 11.0. The van der Waals surface area contributed by atoms with Gasteiger partial charge < -0.3 is 20.1 Å². The number of fused-ring (bicyclic) bond motifs is 2. The van der Waals surface area contributed by atoms with Crippen LogP contribution in [0.15, 0.2) is 78.3 Å². The van der Waals surface area contributed by atoms with Crippen molar-refractivity contribution in [1.82, 2.24) is 4.98 Å². The van der Waals surface area contributed by atoms with E-state index in [1.807, 2.05) is 54.6 Å². The molecule has 0 amide bonds. The highest BCUT2D eigenvalue weighted by atomic mass is 16.7. The molecule has 0 unspecified atom stereocenters. The minimum atomic E-state index is -0.223. The molecular formula is C25H21N3O3. The molecule has 1 aliphatic carbocycles. The minimum Gasteiger partial charge on any atom is -0.454 e. The highest BCUT2D eigenvalue weighted by molar-refractivity contribution is 6.01. The van der Waals surface area contributed by atoms with Crippen LogP contribution >= 0.6 is 0 Å². The zero-order valence-corrected chi connectivity index (χ0v) is 16.8. The van der Waals surface area contributed by atoms with E-state index in [4.69, 9.17) is 9.47 Å². The highest BCUT2D eigenvalue weighted by Gasteiger charge is 2.36. The number of nitrogens with zero attached hydrogens (tertiary/aromatic N) is 1. The van der Waals surface area contributed by atoms with Crippen LogP contribution in [0, 0.1) is 0 Å². The van der Waals surface area contributed by atoms with Gasteiger partial charge in [-0.15, -0.1) is 0 Å². The monoisotopic (exact) mass is 411 g/mol. The fourth-order valence-electron chi connectivity index (χ4n) is 4.70. The maximum Gasteiger partial charge on any atom is 0.231 e. The molecule has 6 rings (SSSR count). The van der Waals surface area contributed by atoms with Gasteiger partial charge in [-0.3, -0.25) is 9.78 Å². The van der Waals surface area contributed by atoms with E-state index in [1.165, 1.54) is 0 Å². The largest absolute Gasteiger partial charge is 0.454 e. The molecule has 6 nitrogen and oxygen atoms in total. The molecule has 2 aromatic carbocycles. The summed E-state index contributed by atoms with van der Waals surface area (Å²) in [4.78, 5) is 17.7. The summed E-state index contributed by atoms with van der Waals surface area (Å²) in [6.45, 7) is 0.245. The number of hydrogen-bond acceptors (Lipinski definition) is 6. The molecule has 31 heavy (non-hydrogen) atoms. The molecule has 6 heteroatoms. The SMILES string of the molecule is O=C1C[C@@H](c2ccc3c(c2)OCO3)CC2=C1[C@@H](c1ccncc1)Nc1ccccc1N2. The summed E-state index contributed by atoms with van der Waals surface area (Å²) in [5.41, 5.74) is 5.85. The van der Waals surface area contributed by atoms with Gasteiger partial charge in [0, 0.05) is 30.1 Å². The Balaban J connectivity index is 1.43. The van der Waals surface area contributed by atoms with Crippen molar-refractivity contribution in [2.75, 3.05) is 17.4 Å². The number of Topliss-reactive ketones (excluding diaryl/α,β-unsaturated/α-hetero) is 1. The molecule has 0 spiro atoms. The zero-order valence-electron chi connectivity index (χ0n) is 16.8. The third-order valence-corrected chi connectivity index (χ3v) is 6.22. The van der Waals surface area contributed by atoms with Crippen molar-refractivity contribution in [3.63, 3.8) is 0 Å². The first-order valence-electron chi connectivity index (χ1n) is 10.4. The lowest BCUT2D eigenvalue weighted by Crippen LogP contribution is -2.26. The van der Waals surface area contributed by atoms with Crippen LogP contribution in [0.1, 0.15) is 35.9 Å². The van der Waals surface area contributed by atoms with E-state index >= 15 is 0 Å². The maximum atomic E-state index is 13.5. The van der Waals surface area contributed by atoms with E-state index in [0.717, 1.165) is 51.7 Å². The van der Waals surface area contributed by atoms with Gasteiger partial charge in [-0.1, -0.05) is 18.2 Å². The fourth-order valence-corrected chi connectivity index (χ4v) is 4.70. The van der Waals surface area contributed by atoms with E-state index in [2.05, 4.69) is 15.6 Å². The van der Waals surface area contributed by atoms with Gasteiger partial charge in [0.25, 0.3) is 0 Å². The molecule has 0 fully saturated rings. The summed E-state index contributed by atoms with van der Waals surface area (Å²) in [6.07, 6.45) is 4.74. The standard InChI is InChI=1S/C25H21N3O3/c29-21-12-17(16-5-6-22-23(13-16)31-14-30-22)11-20-24(21)25(15-7-9-26-10-8-15)28-19-4-2-1-3-18(19)27-20/h1-10,13,17,25,27-28H,11-12,14H2/t17-,25+/m0/s1. The van der Waals surface area contributed by atoms with Crippen molar-refractivity contribution in [3.05, 3.63) is 89.4 Å². The van der Waals surface area contributed by atoms with Crippen LogP contribution in [0.3, 0.4) is 0 Å². The molecule has 1 aromatic heterocycles. The summed E-state index contributed by atoms with van der Waals surface area (Å²) >= 11 is 0. The van der Waals surface area contributed by atoms with Crippen LogP contribution in [-0.2, 0) is 4.79 Å². The molecule has 3 heterocycles. The number of pyridine rings is 1. The van der Waals surface area contributed by atoms with Crippen molar-refractivity contribution in [3.8, 4) is 11.5 Å². The lowest BCUT2D eigenvalue weighted by Gasteiger charge is -2.30. The minimum absolute atomic E-state index is 0.0802. The van der Waals surface area contributed by atoms with Crippen molar-refractivity contribution < 1.29 is 14.3 Å². The van der Waals surface area contributed by atoms with E-state index < -0.39 is 0 Å². The second kappa shape index (κ2) is 7.16. The summed E-state index contributed by atoms with van der Waals surface area (Å²) in [5.74, 6) is 1.74. The Morgan fingerprint density at radius 1 is 0.871 bits per heavy atom. The number of benzene rings is 2. The number of allylic oxidation sites excluding steroid dienone is 1. The first kappa shape index (κ1) is 18.0. The third kappa shape index (κ3) is 3.11. The van der Waals surface area contributed by atoms with Gasteiger partial charge in [0.15, 0.2) is 17.3 Å². The smallest absolute Gasteiger partial charge is 0.231 e. The predicted molar refractivity (Wildman–Crippen MR) is 117 cm³/mol. The van der Waals surface area contributed by atoms with Crippen LogP contribution in [0.25, 0.3) is 0 Å². The molecule has 3 aromatic rings. The van der Waals surface area contributed by atoms with E-state index in [-0.39, 0.29) is 24.5 Å². The molecular weight excluding hydrogens is 390 g/mol. The Kier molecular flexibility index (Phi) is 4.16. The lowest BCUT2D eigenvalue weighted by molar-refractivity contribution is -0.116. The Morgan fingerprint density at radius 3 is 2.55 bits per heavy atom. The van der Waals surface area contributed by atoms with Crippen LogP contribution in [0.2, 0.25) is 0 Å². The highest BCUT2D eigenvalue weighted by Crippen LogP contribution is 2.45. The van der Waals surface area contributed by atoms with E-state index in [0.29, 0.717) is 6.42 Å². The average Bonchev–Trinajstić information content (AvgIpc) is 3.20. The number of aromatic nitrogens is 1. The number of rotatable bonds is 2. The van der Waals surface area contributed by atoms with Gasteiger partial charge >= 0.3 is 0 Å². The second-order valence-electron chi connectivity index (χ2n) is 8.06. The molecule has 0 saturated heterocycles. The summed E-state index contributed by atoms with van der Waals surface area (Å²) in [5, 5.41) is 7.16. The van der Waals surface area contributed by atoms with Crippen LogP contribution in [0.5, 0.6) is 11.5 Å². The lowest BCUT2D eigenvalue weighted by atomic mass is 9.78. The summed E-state index contributed by atoms with van der Waals surface area (Å²) in [7, 11) is 0. The van der Waals surface area contributed by atoms with Crippen LogP contribution in [0.4, 0.5) is 11.4 Å².